The first-order chi connectivity index (χ1) is 9.93. The van der Waals surface area contributed by atoms with E-state index in [4.69, 9.17) is 5.73 Å². The monoisotopic (exact) mass is 296 g/mol. The summed E-state index contributed by atoms with van der Waals surface area (Å²) in [6.45, 7) is 2.41. The molecule has 0 bridgehead atoms. The number of halogens is 3. The molecule has 1 aromatic heterocycles. The standard InChI is InChI=1S/C14H15F3N4/c1-9-20-8-12(19-7-6-18)13(21-9)10-4-2-3-5-11(10)14(15,16)17/h2-5,8,19H,6-7,18H2,1H3. The third kappa shape index (κ3) is 3.49. The van der Waals surface area contributed by atoms with Crippen LogP contribution in [0.3, 0.4) is 0 Å². The highest BCUT2D eigenvalue weighted by molar-refractivity contribution is 5.76. The summed E-state index contributed by atoms with van der Waals surface area (Å²) in [7, 11) is 0. The molecule has 3 N–H and O–H groups in total. The van der Waals surface area contributed by atoms with Gasteiger partial charge in [-0.15, -0.1) is 0 Å². The summed E-state index contributed by atoms with van der Waals surface area (Å²) in [5.74, 6) is 0.403. The van der Waals surface area contributed by atoms with Gasteiger partial charge < -0.3 is 11.1 Å². The largest absolute Gasteiger partial charge is 0.417 e. The van der Waals surface area contributed by atoms with Crippen LogP contribution in [-0.2, 0) is 6.18 Å². The van der Waals surface area contributed by atoms with Crippen molar-refractivity contribution in [3.8, 4) is 11.3 Å². The zero-order valence-electron chi connectivity index (χ0n) is 11.4. The van der Waals surface area contributed by atoms with E-state index in [1.54, 1.807) is 13.0 Å². The Morgan fingerprint density at radius 3 is 2.62 bits per heavy atom. The zero-order chi connectivity index (χ0) is 15.5. The van der Waals surface area contributed by atoms with E-state index in [0.717, 1.165) is 6.07 Å². The maximum Gasteiger partial charge on any atom is 0.417 e. The number of nitrogens with zero attached hydrogens (tertiary/aromatic N) is 2. The molecule has 2 rings (SSSR count). The number of aryl methyl sites for hydroxylation is 1. The van der Waals surface area contributed by atoms with Gasteiger partial charge in [-0.05, 0) is 13.0 Å². The summed E-state index contributed by atoms with van der Waals surface area (Å²) < 4.78 is 39.4. The molecular weight excluding hydrogens is 281 g/mol. The zero-order valence-corrected chi connectivity index (χ0v) is 11.4. The van der Waals surface area contributed by atoms with Crippen molar-refractivity contribution in [2.75, 3.05) is 18.4 Å². The van der Waals surface area contributed by atoms with Gasteiger partial charge >= 0.3 is 6.18 Å². The van der Waals surface area contributed by atoms with Gasteiger partial charge in [0.05, 0.1) is 23.1 Å². The fraction of sp³-hybridized carbons (Fsp3) is 0.286. The summed E-state index contributed by atoms with van der Waals surface area (Å²) >= 11 is 0. The smallest absolute Gasteiger partial charge is 0.381 e. The molecule has 1 aromatic carbocycles. The minimum Gasteiger partial charge on any atom is -0.381 e. The molecule has 0 unspecified atom stereocenters. The molecule has 7 heteroatoms. The molecule has 0 radical (unpaired) electrons. The Hall–Kier alpha value is -2.15. The molecule has 0 amide bonds. The fourth-order valence-electron chi connectivity index (χ4n) is 1.95. The number of aromatic nitrogens is 2. The molecule has 21 heavy (non-hydrogen) atoms. The lowest BCUT2D eigenvalue weighted by Gasteiger charge is -2.15. The van der Waals surface area contributed by atoms with Crippen molar-refractivity contribution in [1.82, 2.24) is 9.97 Å². The summed E-state index contributed by atoms with van der Waals surface area (Å²) in [6, 6.07) is 5.35. The predicted molar refractivity (Wildman–Crippen MR) is 74.8 cm³/mol. The van der Waals surface area contributed by atoms with Crippen molar-refractivity contribution in [2.24, 2.45) is 5.73 Å². The van der Waals surface area contributed by atoms with Gasteiger partial charge in [0, 0.05) is 18.7 Å². The van der Waals surface area contributed by atoms with Crippen LogP contribution in [0.1, 0.15) is 11.4 Å². The van der Waals surface area contributed by atoms with Crippen molar-refractivity contribution >= 4 is 5.69 Å². The molecule has 112 valence electrons. The van der Waals surface area contributed by atoms with E-state index >= 15 is 0 Å². The number of anilines is 1. The molecule has 2 aromatic rings. The van der Waals surface area contributed by atoms with Crippen LogP contribution >= 0.6 is 0 Å². The van der Waals surface area contributed by atoms with Crippen LogP contribution in [0.25, 0.3) is 11.3 Å². The highest BCUT2D eigenvalue weighted by atomic mass is 19.4. The Bertz CT molecular complexity index is 626. The van der Waals surface area contributed by atoms with Crippen LogP contribution in [0, 0.1) is 6.92 Å². The van der Waals surface area contributed by atoms with E-state index in [-0.39, 0.29) is 11.3 Å². The third-order valence-electron chi connectivity index (χ3n) is 2.86. The Morgan fingerprint density at radius 1 is 1.24 bits per heavy atom. The lowest BCUT2D eigenvalue weighted by Crippen LogP contribution is -2.15. The van der Waals surface area contributed by atoms with Gasteiger partial charge in [-0.1, -0.05) is 18.2 Å². The van der Waals surface area contributed by atoms with Gasteiger partial charge in [0.2, 0.25) is 0 Å². The number of hydrogen-bond acceptors (Lipinski definition) is 4. The topological polar surface area (TPSA) is 63.8 Å². The Balaban J connectivity index is 2.58. The molecule has 0 aliphatic rings. The first-order valence-corrected chi connectivity index (χ1v) is 6.37. The van der Waals surface area contributed by atoms with Gasteiger partial charge in [0.25, 0.3) is 0 Å². The molecule has 0 spiro atoms. The molecule has 1 heterocycles. The number of rotatable bonds is 4. The van der Waals surface area contributed by atoms with Crippen LogP contribution in [0.15, 0.2) is 30.5 Å². The third-order valence-corrected chi connectivity index (χ3v) is 2.86. The average molecular weight is 296 g/mol. The van der Waals surface area contributed by atoms with Gasteiger partial charge in [-0.2, -0.15) is 13.2 Å². The molecule has 0 saturated heterocycles. The van der Waals surface area contributed by atoms with E-state index in [2.05, 4.69) is 15.3 Å². The molecule has 0 aliphatic heterocycles. The molecule has 0 saturated carbocycles. The second kappa shape index (κ2) is 6.09. The lowest BCUT2D eigenvalue weighted by molar-refractivity contribution is -0.137. The summed E-state index contributed by atoms with van der Waals surface area (Å²) in [5.41, 5.74) is 5.37. The minimum absolute atomic E-state index is 0.0232. The number of nitrogens with one attached hydrogen (secondary N) is 1. The highest BCUT2D eigenvalue weighted by Crippen LogP contribution is 2.38. The van der Waals surface area contributed by atoms with E-state index in [1.165, 1.54) is 18.3 Å². The SMILES string of the molecule is Cc1ncc(NCCN)c(-c2ccccc2C(F)(F)F)n1. The van der Waals surface area contributed by atoms with E-state index in [0.29, 0.717) is 24.6 Å². The Labute approximate surface area is 120 Å². The maximum absolute atomic E-state index is 13.1. The van der Waals surface area contributed by atoms with Crippen molar-refractivity contribution in [2.45, 2.75) is 13.1 Å². The number of benzene rings is 1. The number of alkyl halides is 3. The van der Waals surface area contributed by atoms with E-state index < -0.39 is 11.7 Å². The van der Waals surface area contributed by atoms with Crippen molar-refractivity contribution < 1.29 is 13.2 Å². The predicted octanol–water partition coefficient (Wildman–Crippen LogP) is 2.84. The molecule has 4 nitrogen and oxygen atoms in total. The quantitative estimate of drug-likeness (QED) is 0.910. The second-order valence-electron chi connectivity index (χ2n) is 4.44. The maximum atomic E-state index is 13.1. The normalized spacial score (nSPS) is 11.5. The molecular formula is C14H15F3N4. The van der Waals surface area contributed by atoms with Crippen LogP contribution in [0.2, 0.25) is 0 Å². The van der Waals surface area contributed by atoms with E-state index in [1.807, 2.05) is 0 Å². The van der Waals surface area contributed by atoms with Crippen molar-refractivity contribution in [3.63, 3.8) is 0 Å². The van der Waals surface area contributed by atoms with Crippen LogP contribution in [0.4, 0.5) is 18.9 Å². The summed E-state index contributed by atoms with van der Waals surface area (Å²) in [4.78, 5) is 8.17. The minimum atomic E-state index is -4.44. The number of hydrogen-bond donors (Lipinski definition) is 2. The first-order valence-electron chi connectivity index (χ1n) is 6.37. The van der Waals surface area contributed by atoms with Gasteiger partial charge in [-0.25, -0.2) is 9.97 Å². The highest BCUT2D eigenvalue weighted by Gasteiger charge is 2.34. The van der Waals surface area contributed by atoms with Crippen LogP contribution < -0.4 is 11.1 Å². The van der Waals surface area contributed by atoms with Crippen molar-refractivity contribution in [3.05, 3.63) is 41.9 Å². The van der Waals surface area contributed by atoms with Crippen molar-refractivity contribution in [1.29, 1.82) is 0 Å². The van der Waals surface area contributed by atoms with Gasteiger partial charge in [0.1, 0.15) is 5.82 Å². The summed E-state index contributed by atoms with van der Waals surface area (Å²) in [5, 5.41) is 2.95. The van der Waals surface area contributed by atoms with Gasteiger partial charge in [0.15, 0.2) is 0 Å². The Morgan fingerprint density at radius 2 is 1.95 bits per heavy atom. The Kier molecular flexibility index (Phi) is 4.42. The molecule has 0 atom stereocenters. The van der Waals surface area contributed by atoms with Gasteiger partial charge in [-0.3, -0.25) is 0 Å². The van der Waals surface area contributed by atoms with E-state index in [9.17, 15) is 13.2 Å². The molecule has 0 aliphatic carbocycles. The lowest BCUT2D eigenvalue weighted by atomic mass is 10.0. The second-order valence-corrected chi connectivity index (χ2v) is 4.44. The van der Waals surface area contributed by atoms with Crippen LogP contribution in [-0.4, -0.2) is 23.1 Å². The molecule has 0 fully saturated rings. The van der Waals surface area contributed by atoms with Crippen LogP contribution in [0.5, 0.6) is 0 Å². The summed E-state index contributed by atoms with van der Waals surface area (Å²) in [6.07, 6.45) is -2.97. The number of nitrogens with two attached hydrogens (primary N) is 1. The fourth-order valence-corrected chi connectivity index (χ4v) is 1.95. The first kappa shape index (κ1) is 15.2. The average Bonchev–Trinajstić information content (AvgIpc) is 2.45.